The number of hydrogen-bond acceptors (Lipinski definition) is 6. The Morgan fingerprint density at radius 1 is 1.21 bits per heavy atom. The van der Waals surface area contributed by atoms with Crippen LogP contribution in [0.5, 0.6) is 0 Å². The number of anilines is 1. The number of Topliss-reactive ketones (excluding diaryl/α,β-unsaturated/α-hetero) is 1. The van der Waals surface area contributed by atoms with Crippen molar-refractivity contribution in [2.45, 2.75) is 95.7 Å². The van der Waals surface area contributed by atoms with Gasteiger partial charge in [0.25, 0.3) is 0 Å². The molecule has 2 aromatic rings. The van der Waals surface area contributed by atoms with E-state index in [1.54, 1.807) is 25.3 Å². The molecule has 2 spiro atoms. The van der Waals surface area contributed by atoms with Gasteiger partial charge in [0.15, 0.2) is 11.0 Å². The number of halogens is 3. The van der Waals surface area contributed by atoms with E-state index in [4.69, 9.17) is 27.9 Å². The van der Waals surface area contributed by atoms with E-state index >= 15 is 4.39 Å². The molecule has 0 aromatic carbocycles. The quantitative estimate of drug-likeness (QED) is 0.365. The second-order valence-corrected chi connectivity index (χ2v) is 14.5. The Hall–Kier alpha value is -2.13. The molecule has 226 valence electrons. The zero-order valence-electron chi connectivity index (χ0n) is 24.3. The molecule has 2 aliphatic heterocycles. The van der Waals surface area contributed by atoms with Crippen LogP contribution in [-0.4, -0.2) is 45.6 Å². The molecular weight excluding hydrogens is 580 g/mol. The Kier molecular flexibility index (Phi) is 7.69. The molecule has 0 bridgehead atoms. The van der Waals surface area contributed by atoms with E-state index < -0.39 is 34.6 Å². The predicted octanol–water partition coefficient (Wildman–Crippen LogP) is 6.64. The maximum Gasteiger partial charge on any atom is 0.236 e. The highest BCUT2D eigenvalue weighted by molar-refractivity contribution is 6.30. The van der Waals surface area contributed by atoms with Crippen LogP contribution in [-0.2, 0) is 19.7 Å². The Balaban J connectivity index is 1.49. The van der Waals surface area contributed by atoms with Crippen molar-refractivity contribution >= 4 is 40.6 Å². The van der Waals surface area contributed by atoms with Crippen LogP contribution in [0.3, 0.4) is 0 Å². The summed E-state index contributed by atoms with van der Waals surface area (Å²) in [6, 6.07) is 3.22. The lowest BCUT2D eigenvalue weighted by Crippen LogP contribution is -2.52. The molecule has 0 unspecified atom stereocenters. The monoisotopic (exact) mass is 617 g/mol. The van der Waals surface area contributed by atoms with Crippen molar-refractivity contribution in [2.24, 2.45) is 22.7 Å². The van der Waals surface area contributed by atoms with Crippen LogP contribution in [0.1, 0.15) is 89.2 Å². The van der Waals surface area contributed by atoms with Crippen molar-refractivity contribution in [2.75, 3.05) is 11.9 Å². The largest absolute Gasteiger partial charge is 0.391 e. The van der Waals surface area contributed by atoms with Crippen LogP contribution in [0.15, 0.2) is 24.5 Å². The van der Waals surface area contributed by atoms with E-state index in [9.17, 15) is 14.7 Å². The van der Waals surface area contributed by atoms with Gasteiger partial charge in [-0.1, -0.05) is 37.0 Å². The summed E-state index contributed by atoms with van der Waals surface area (Å²) >= 11 is 12.5. The zero-order valence-corrected chi connectivity index (χ0v) is 25.8. The minimum absolute atomic E-state index is 0.000637. The summed E-state index contributed by atoms with van der Waals surface area (Å²) in [6.07, 6.45) is 7.63. The fourth-order valence-electron chi connectivity index (χ4n) is 8.59. The highest BCUT2D eigenvalue weighted by Crippen LogP contribution is 2.72. The molecule has 4 aliphatic rings. The standard InChI is InChI=1S/C32H38Cl2FN3O4/c1-17(39)24-5-4-18(16-42-24)12-23(40)20-14-31(9-7-30(2,3)8-10-31)32(26(20)19-6-11-36-28(34)27(19)35)21-15-37-25(33)13-22(21)38-29(32)41/h6,11,13,15,17-18,20,24,26,39H,4-5,7-10,12,14,16H2,1-3H3,(H,38,41)/t17-,18+,20+,24+,26+,32-/m1/s1. The van der Waals surface area contributed by atoms with E-state index in [1.807, 2.05) is 0 Å². The molecular formula is C32H38Cl2FN3O4. The summed E-state index contributed by atoms with van der Waals surface area (Å²) in [6.45, 7) is 6.56. The molecule has 3 fully saturated rings. The van der Waals surface area contributed by atoms with Crippen LogP contribution < -0.4 is 5.32 Å². The average Bonchev–Trinajstić information content (AvgIpc) is 3.40. The number of fused-ring (bicyclic) bond motifs is 3. The lowest BCUT2D eigenvalue weighted by atomic mass is 9.51. The molecule has 6 atom stereocenters. The molecule has 2 aromatic heterocycles. The van der Waals surface area contributed by atoms with Gasteiger partial charge in [-0.2, -0.15) is 0 Å². The zero-order chi connectivity index (χ0) is 30.0. The Labute approximate surface area is 255 Å². The molecule has 6 rings (SSSR count). The van der Waals surface area contributed by atoms with E-state index in [0.29, 0.717) is 30.7 Å². The summed E-state index contributed by atoms with van der Waals surface area (Å²) in [5.74, 6) is -2.37. The first-order valence-corrected chi connectivity index (χ1v) is 15.7. The minimum atomic E-state index is -1.23. The highest BCUT2D eigenvalue weighted by atomic mass is 35.5. The van der Waals surface area contributed by atoms with Crippen molar-refractivity contribution in [3.63, 3.8) is 0 Å². The van der Waals surface area contributed by atoms with Crippen LogP contribution in [0, 0.1) is 28.5 Å². The Bertz CT molecular complexity index is 1400. The second kappa shape index (κ2) is 10.8. The van der Waals surface area contributed by atoms with Crippen molar-refractivity contribution < 1.29 is 23.8 Å². The number of ether oxygens (including phenoxy) is 1. The van der Waals surface area contributed by atoms with Gasteiger partial charge in [-0.05, 0) is 86.3 Å². The average molecular weight is 619 g/mol. The number of amides is 1. The maximum atomic E-state index is 16.0. The van der Waals surface area contributed by atoms with Crippen molar-refractivity contribution in [1.82, 2.24) is 9.97 Å². The summed E-state index contributed by atoms with van der Waals surface area (Å²) in [5.41, 5.74) is -0.269. The number of pyridine rings is 2. The third-order valence-electron chi connectivity index (χ3n) is 10.8. The number of aliphatic hydroxyl groups is 1. The van der Waals surface area contributed by atoms with Gasteiger partial charge in [0.1, 0.15) is 10.9 Å². The first-order chi connectivity index (χ1) is 19.9. The highest BCUT2D eigenvalue weighted by Gasteiger charge is 2.72. The summed E-state index contributed by atoms with van der Waals surface area (Å²) in [4.78, 5) is 37.3. The van der Waals surface area contributed by atoms with Gasteiger partial charge in [0.2, 0.25) is 5.91 Å². The van der Waals surface area contributed by atoms with Crippen molar-refractivity contribution in [1.29, 1.82) is 0 Å². The van der Waals surface area contributed by atoms with E-state index in [-0.39, 0.29) is 51.4 Å². The Morgan fingerprint density at radius 2 is 1.95 bits per heavy atom. The molecule has 2 saturated carbocycles. The second-order valence-electron chi connectivity index (χ2n) is 13.8. The molecule has 2 N–H and O–H groups in total. The van der Waals surface area contributed by atoms with Crippen LogP contribution >= 0.6 is 23.2 Å². The van der Waals surface area contributed by atoms with Gasteiger partial charge in [-0.3, -0.25) is 9.59 Å². The summed E-state index contributed by atoms with van der Waals surface area (Å²) in [5, 5.41) is 13.0. The van der Waals surface area contributed by atoms with Gasteiger partial charge in [0.05, 0.1) is 24.2 Å². The lowest BCUT2D eigenvalue weighted by molar-refractivity contribution is -0.128. The van der Waals surface area contributed by atoms with Gasteiger partial charge < -0.3 is 15.2 Å². The summed E-state index contributed by atoms with van der Waals surface area (Å²) < 4.78 is 21.9. The number of rotatable bonds is 5. The molecule has 2 aliphatic carbocycles. The number of ketones is 1. The number of nitrogens with one attached hydrogen (secondary N) is 1. The van der Waals surface area contributed by atoms with Crippen LogP contribution in [0.4, 0.5) is 10.1 Å². The van der Waals surface area contributed by atoms with E-state index in [2.05, 4.69) is 29.1 Å². The lowest BCUT2D eigenvalue weighted by Gasteiger charge is -2.50. The van der Waals surface area contributed by atoms with Gasteiger partial charge in [-0.25, -0.2) is 14.4 Å². The van der Waals surface area contributed by atoms with E-state index in [1.165, 1.54) is 6.20 Å². The molecule has 1 saturated heterocycles. The maximum absolute atomic E-state index is 16.0. The normalized spacial score (nSPS) is 32.1. The first kappa shape index (κ1) is 29.9. The first-order valence-electron chi connectivity index (χ1n) is 15.0. The molecule has 42 heavy (non-hydrogen) atoms. The smallest absolute Gasteiger partial charge is 0.236 e. The van der Waals surface area contributed by atoms with Crippen LogP contribution in [0.2, 0.25) is 10.3 Å². The van der Waals surface area contributed by atoms with E-state index in [0.717, 1.165) is 32.1 Å². The number of aromatic nitrogens is 2. The fraction of sp³-hybridized carbons (Fsp3) is 0.625. The molecule has 4 heterocycles. The topological polar surface area (TPSA) is 101 Å². The van der Waals surface area contributed by atoms with Gasteiger partial charge >= 0.3 is 0 Å². The number of nitrogens with zero attached hydrogens (tertiary/aromatic N) is 2. The predicted molar refractivity (Wildman–Crippen MR) is 158 cm³/mol. The SMILES string of the molecule is C[C@@H](O)[C@@H]1CC[C@@H](CC(=O)[C@@H]2CC3(CCC(C)(C)CC3)[C@@]3(C(=O)Nc4cc(Cl)ncc43)[C@H]2c2ccnc(Cl)c2F)CO1. The third kappa shape index (κ3) is 4.68. The fourth-order valence-corrected chi connectivity index (χ4v) is 8.91. The number of carbonyl (C=O) groups excluding carboxylic acids is 2. The molecule has 10 heteroatoms. The summed E-state index contributed by atoms with van der Waals surface area (Å²) in [7, 11) is 0. The van der Waals surface area contributed by atoms with Crippen LogP contribution in [0.25, 0.3) is 0 Å². The molecule has 0 radical (unpaired) electrons. The van der Waals surface area contributed by atoms with Crippen molar-refractivity contribution in [3.8, 4) is 0 Å². The van der Waals surface area contributed by atoms with Gasteiger partial charge in [-0.15, -0.1) is 0 Å². The third-order valence-corrected chi connectivity index (χ3v) is 11.3. The Morgan fingerprint density at radius 3 is 2.62 bits per heavy atom. The number of aliphatic hydroxyl groups excluding tert-OH is 1. The molecule has 7 nitrogen and oxygen atoms in total. The number of hydrogen-bond donors (Lipinski definition) is 2. The van der Waals surface area contributed by atoms with Crippen molar-refractivity contribution in [3.05, 3.63) is 51.8 Å². The minimum Gasteiger partial charge on any atom is -0.391 e. The van der Waals surface area contributed by atoms with Gasteiger partial charge in [0, 0.05) is 41.9 Å². The molecule has 1 amide bonds. The number of carbonyl (C=O) groups is 2.